The van der Waals surface area contributed by atoms with Gasteiger partial charge >= 0.3 is 0 Å². The maximum Gasteiger partial charge on any atom is 0.276 e. The average molecular weight is 295 g/mol. The Hall–Kier alpha value is -1.46. The second-order valence-electron chi connectivity index (χ2n) is 5.16. The van der Waals surface area contributed by atoms with E-state index in [0.717, 1.165) is 18.0 Å². The number of rotatable bonds is 5. The summed E-state index contributed by atoms with van der Waals surface area (Å²) in [6, 6.07) is 4.41. The van der Waals surface area contributed by atoms with Crippen molar-refractivity contribution in [1.82, 2.24) is 20.4 Å². The van der Waals surface area contributed by atoms with Gasteiger partial charge in [-0.3, -0.25) is 4.98 Å². The van der Waals surface area contributed by atoms with E-state index in [1.165, 1.54) is 18.4 Å². The van der Waals surface area contributed by atoms with Crippen molar-refractivity contribution in [2.75, 3.05) is 7.05 Å². The molecule has 1 N–H and O–H groups in total. The molecule has 108 valence electrons. The topological polar surface area (TPSA) is 63.8 Å². The first-order valence-electron chi connectivity index (χ1n) is 6.72. The molecule has 6 heteroatoms. The van der Waals surface area contributed by atoms with Crippen LogP contribution in [-0.4, -0.2) is 28.2 Å². The molecule has 0 amide bonds. The fourth-order valence-electron chi connectivity index (χ4n) is 2.01. The Bertz CT molecular complexity index is 551. The van der Waals surface area contributed by atoms with E-state index in [-0.39, 0.29) is 12.4 Å². The number of pyridine rings is 1. The molecule has 1 aliphatic rings. The lowest BCUT2D eigenvalue weighted by Crippen LogP contribution is -2.24. The van der Waals surface area contributed by atoms with Gasteiger partial charge in [0.15, 0.2) is 5.82 Å². The summed E-state index contributed by atoms with van der Waals surface area (Å²) in [5.41, 5.74) is 2.06. The Morgan fingerprint density at radius 1 is 1.40 bits per heavy atom. The monoisotopic (exact) mass is 294 g/mol. The Kier molecular flexibility index (Phi) is 4.73. The molecule has 1 saturated carbocycles. The normalized spacial score (nSPS) is 15.7. The molecule has 1 fully saturated rings. The minimum Gasteiger partial charge on any atom is -0.332 e. The van der Waals surface area contributed by atoms with Gasteiger partial charge in [0.1, 0.15) is 5.69 Å². The van der Waals surface area contributed by atoms with E-state index >= 15 is 0 Å². The second kappa shape index (κ2) is 6.33. The molecule has 1 aliphatic carbocycles. The largest absolute Gasteiger partial charge is 0.332 e. The fraction of sp³-hybridized carbons (Fsp3) is 0.500. The van der Waals surface area contributed by atoms with Gasteiger partial charge in [0.05, 0.1) is 0 Å². The number of aromatic nitrogens is 3. The van der Waals surface area contributed by atoms with Crippen molar-refractivity contribution in [3.05, 3.63) is 29.7 Å². The zero-order chi connectivity index (χ0) is 13.2. The molecule has 2 heterocycles. The second-order valence-corrected chi connectivity index (χ2v) is 5.16. The SMILES string of the molecule is CNC(C)Cc1noc(-c2ccc(C3CC3)cn2)n1.Cl. The summed E-state index contributed by atoms with van der Waals surface area (Å²) in [4.78, 5) is 8.79. The van der Waals surface area contributed by atoms with Crippen molar-refractivity contribution in [2.24, 2.45) is 0 Å². The van der Waals surface area contributed by atoms with Crippen LogP contribution in [0.4, 0.5) is 0 Å². The predicted molar refractivity (Wildman–Crippen MR) is 79.0 cm³/mol. The predicted octanol–water partition coefficient (Wildman–Crippen LogP) is 2.58. The van der Waals surface area contributed by atoms with Gasteiger partial charge in [-0.05, 0) is 44.4 Å². The lowest BCUT2D eigenvalue weighted by Gasteiger charge is -2.04. The van der Waals surface area contributed by atoms with Crippen molar-refractivity contribution in [3.63, 3.8) is 0 Å². The van der Waals surface area contributed by atoms with E-state index < -0.39 is 0 Å². The third kappa shape index (κ3) is 3.35. The van der Waals surface area contributed by atoms with E-state index in [9.17, 15) is 0 Å². The first-order valence-corrected chi connectivity index (χ1v) is 6.72. The molecule has 1 unspecified atom stereocenters. The standard InChI is InChI=1S/C14H18N4O.ClH/c1-9(15-2)7-13-17-14(19-18-13)12-6-5-11(8-16-12)10-3-4-10;/h5-6,8-10,15H,3-4,7H2,1-2H3;1H. The van der Waals surface area contributed by atoms with Crippen LogP contribution in [0.25, 0.3) is 11.6 Å². The molecule has 5 nitrogen and oxygen atoms in total. The van der Waals surface area contributed by atoms with Crippen molar-refractivity contribution >= 4 is 12.4 Å². The number of nitrogens with one attached hydrogen (secondary N) is 1. The van der Waals surface area contributed by atoms with Gasteiger partial charge in [-0.1, -0.05) is 11.2 Å². The number of nitrogens with zero attached hydrogens (tertiary/aromatic N) is 3. The summed E-state index contributed by atoms with van der Waals surface area (Å²) in [5.74, 6) is 1.93. The van der Waals surface area contributed by atoms with Crippen LogP contribution in [0.2, 0.25) is 0 Å². The van der Waals surface area contributed by atoms with E-state index in [0.29, 0.717) is 17.8 Å². The lowest BCUT2D eigenvalue weighted by molar-refractivity contribution is 0.417. The molecule has 3 rings (SSSR count). The quantitative estimate of drug-likeness (QED) is 0.918. The van der Waals surface area contributed by atoms with Crippen LogP contribution in [0.3, 0.4) is 0 Å². The van der Waals surface area contributed by atoms with E-state index in [1.54, 1.807) is 0 Å². The maximum atomic E-state index is 5.26. The smallest absolute Gasteiger partial charge is 0.276 e. The Balaban J connectivity index is 0.00000147. The first-order chi connectivity index (χ1) is 9.26. The zero-order valence-electron chi connectivity index (χ0n) is 11.7. The minimum atomic E-state index is 0. The van der Waals surface area contributed by atoms with Crippen LogP contribution in [0, 0.1) is 0 Å². The molecule has 2 aromatic heterocycles. The van der Waals surface area contributed by atoms with Crippen LogP contribution < -0.4 is 5.32 Å². The molecule has 0 aromatic carbocycles. The third-order valence-corrected chi connectivity index (χ3v) is 3.50. The van der Waals surface area contributed by atoms with Crippen molar-refractivity contribution < 1.29 is 4.52 Å². The molecule has 1 atom stereocenters. The summed E-state index contributed by atoms with van der Waals surface area (Å²) < 4.78 is 5.26. The molecular weight excluding hydrogens is 276 g/mol. The van der Waals surface area contributed by atoms with Crippen LogP contribution >= 0.6 is 12.4 Å². The third-order valence-electron chi connectivity index (χ3n) is 3.50. The summed E-state index contributed by atoms with van der Waals surface area (Å²) in [6.45, 7) is 2.08. The van der Waals surface area contributed by atoms with Crippen LogP contribution in [0.1, 0.15) is 37.1 Å². The van der Waals surface area contributed by atoms with E-state index in [4.69, 9.17) is 4.52 Å². The Labute approximate surface area is 124 Å². The highest BCUT2D eigenvalue weighted by Crippen LogP contribution is 2.39. The summed E-state index contributed by atoms with van der Waals surface area (Å²) in [6.07, 6.45) is 5.24. The highest BCUT2D eigenvalue weighted by molar-refractivity contribution is 5.85. The molecule has 0 aliphatic heterocycles. The molecule has 20 heavy (non-hydrogen) atoms. The van der Waals surface area contributed by atoms with Gasteiger partial charge in [0.2, 0.25) is 0 Å². The Morgan fingerprint density at radius 2 is 2.20 bits per heavy atom. The van der Waals surface area contributed by atoms with E-state index in [2.05, 4.69) is 33.4 Å². The Morgan fingerprint density at radius 3 is 2.80 bits per heavy atom. The summed E-state index contributed by atoms with van der Waals surface area (Å²) in [7, 11) is 1.92. The number of hydrogen-bond acceptors (Lipinski definition) is 5. The zero-order valence-corrected chi connectivity index (χ0v) is 12.5. The number of hydrogen-bond donors (Lipinski definition) is 1. The summed E-state index contributed by atoms with van der Waals surface area (Å²) >= 11 is 0. The fourth-order valence-corrected chi connectivity index (χ4v) is 2.01. The van der Waals surface area contributed by atoms with Crippen LogP contribution in [0.15, 0.2) is 22.9 Å². The van der Waals surface area contributed by atoms with Gasteiger partial charge in [-0.15, -0.1) is 12.4 Å². The highest BCUT2D eigenvalue weighted by Gasteiger charge is 2.23. The molecule has 0 bridgehead atoms. The maximum absolute atomic E-state index is 5.26. The first kappa shape index (κ1) is 14.9. The molecule has 0 radical (unpaired) electrons. The van der Waals surface area contributed by atoms with Crippen molar-refractivity contribution in [3.8, 4) is 11.6 Å². The summed E-state index contributed by atoms with van der Waals surface area (Å²) in [5, 5.41) is 7.14. The van der Waals surface area contributed by atoms with Gasteiger partial charge in [-0.2, -0.15) is 4.98 Å². The highest BCUT2D eigenvalue weighted by atomic mass is 35.5. The van der Waals surface area contributed by atoms with Gasteiger partial charge in [0, 0.05) is 18.7 Å². The van der Waals surface area contributed by atoms with Gasteiger partial charge < -0.3 is 9.84 Å². The average Bonchev–Trinajstić information content (AvgIpc) is 3.19. The molecule has 0 spiro atoms. The van der Waals surface area contributed by atoms with Gasteiger partial charge in [-0.25, -0.2) is 0 Å². The van der Waals surface area contributed by atoms with Crippen LogP contribution in [0.5, 0.6) is 0 Å². The molecule has 2 aromatic rings. The van der Waals surface area contributed by atoms with Gasteiger partial charge in [0.25, 0.3) is 5.89 Å². The van der Waals surface area contributed by atoms with Crippen LogP contribution in [-0.2, 0) is 6.42 Å². The molecule has 0 saturated heterocycles. The van der Waals surface area contributed by atoms with E-state index in [1.807, 2.05) is 19.3 Å². The van der Waals surface area contributed by atoms with Crippen molar-refractivity contribution in [2.45, 2.75) is 38.1 Å². The number of likely N-dealkylation sites (N-methyl/N-ethyl adjacent to an activating group) is 1. The minimum absolute atomic E-state index is 0. The van der Waals surface area contributed by atoms with Crippen molar-refractivity contribution in [1.29, 1.82) is 0 Å². The molecular formula is C14H19ClN4O. The number of halogens is 1. The lowest BCUT2D eigenvalue weighted by atomic mass is 10.2.